The van der Waals surface area contributed by atoms with Gasteiger partial charge in [0.25, 0.3) is 0 Å². The van der Waals surface area contributed by atoms with Crippen molar-refractivity contribution in [3.8, 4) is 0 Å². The Hall–Kier alpha value is 1.41. The Labute approximate surface area is 151 Å². The van der Waals surface area contributed by atoms with Gasteiger partial charge in [-0.25, -0.2) is 0 Å². The molecule has 0 aromatic rings. The quantitative estimate of drug-likeness (QED) is 0.279. The molecular weight excluding hydrogens is 345 g/mol. The van der Waals surface area contributed by atoms with Crippen LogP contribution in [0.5, 0.6) is 0 Å². The van der Waals surface area contributed by atoms with Crippen LogP contribution in [0, 0.1) is 5.41 Å². The van der Waals surface area contributed by atoms with Crippen molar-refractivity contribution in [3.63, 3.8) is 0 Å². The predicted molar refractivity (Wildman–Crippen MR) is 57.3 cm³/mol. The van der Waals surface area contributed by atoms with Crippen LogP contribution >= 0.6 is 0 Å². The van der Waals surface area contributed by atoms with Crippen molar-refractivity contribution >= 4 is 51.4 Å². The first kappa shape index (κ1) is 26.9. The van der Waals surface area contributed by atoms with Crippen molar-refractivity contribution in [1.29, 1.82) is 0 Å². The maximum Gasteiger partial charge on any atom is 2.00 e. The minimum Gasteiger partial charge on any atom is -1.00 e. The largest absolute Gasteiger partial charge is 2.00 e. The third-order valence-corrected chi connectivity index (χ3v) is 2.03. The van der Waals surface area contributed by atoms with Crippen LogP contribution in [0.25, 0.3) is 0 Å². The number of halogens is 2. The van der Waals surface area contributed by atoms with Crippen LogP contribution in [0.3, 0.4) is 0 Å². The predicted octanol–water partition coefficient (Wildman–Crippen LogP) is -7.51. The van der Waals surface area contributed by atoms with Gasteiger partial charge in [-0.2, -0.15) is 0 Å². The molecule has 0 aromatic carbocycles. The fourth-order valence-corrected chi connectivity index (χ4v) is 0.829. The standard InChI is InChI=1S/C9H19NO4.2ClH.Sr/c1-9(2,6-12)7(13)8(14)10-4-3-5-11;;;/h7,11-13H,3-6H2,1-2H3,(H,10,14);2*1H;/q;;;+2/p-2. The zero-order valence-corrected chi connectivity index (χ0v) is 15.1. The van der Waals surface area contributed by atoms with E-state index in [0.717, 1.165) is 0 Å². The molecule has 0 spiro atoms. The smallest absolute Gasteiger partial charge is 1.00 e. The summed E-state index contributed by atoms with van der Waals surface area (Å²) in [6, 6.07) is 0. The molecule has 100 valence electrons. The Morgan fingerprint density at radius 1 is 1.29 bits per heavy atom. The Balaban J connectivity index is -0.000000282. The van der Waals surface area contributed by atoms with Gasteiger partial charge in [0.15, 0.2) is 0 Å². The van der Waals surface area contributed by atoms with Crippen molar-refractivity contribution in [2.75, 3.05) is 19.8 Å². The Kier molecular flexibility index (Phi) is 21.9. The molecule has 0 fully saturated rings. The molecule has 17 heavy (non-hydrogen) atoms. The summed E-state index contributed by atoms with van der Waals surface area (Å²) in [7, 11) is 0. The van der Waals surface area contributed by atoms with E-state index < -0.39 is 17.4 Å². The van der Waals surface area contributed by atoms with Gasteiger partial charge in [0, 0.05) is 18.6 Å². The first-order valence-corrected chi connectivity index (χ1v) is 4.63. The number of amides is 1. The van der Waals surface area contributed by atoms with Gasteiger partial charge in [0.1, 0.15) is 6.10 Å². The van der Waals surface area contributed by atoms with E-state index in [0.29, 0.717) is 13.0 Å². The second-order valence-corrected chi connectivity index (χ2v) is 3.92. The second-order valence-electron chi connectivity index (χ2n) is 3.92. The normalized spacial score (nSPS) is 11.4. The monoisotopic (exact) mass is 363 g/mol. The van der Waals surface area contributed by atoms with Gasteiger partial charge in [0.05, 0.1) is 6.61 Å². The van der Waals surface area contributed by atoms with Crippen LogP contribution in [0.4, 0.5) is 0 Å². The Morgan fingerprint density at radius 3 is 2.12 bits per heavy atom. The maximum atomic E-state index is 11.3. The molecule has 0 aliphatic rings. The van der Waals surface area contributed by atoms with Gasteiger partial charge < -0.3 is 45.5 Å². The Bertz CT molecular complexity index is 196. The van der Waals surface area contributed by atoms with Gasteiger partial charge in [-0.3, -0.25) is 4.79 Å². The minimum atomic E-state index is -1.23. The van der Waals surface area contributed by atoms with E-state index in [1.807, 2.05) is 0 Å². The second kappa shape index (κ2) is 13.8. The van der Waals surface area contributed by atoms with Gasteiger partial charge >= 0.3 is 45.5 Å². The first-order valence-electron chi connectivity index (χ1n) is 4.63. The third-order valence-electron chi connectivity index (χ3n) is 2.03. The van der Waals surface area contributed by atoms with Crippen LogP contribution in [-0.2, 0) is 4.79 Å². The molecule has 1 unspecified atom stereocenters. The van der Waals surface area contributed by atoms with Gasteiger partial charge in [-0.05, 0) is 6.42 Å². The molecule has 1 atom stereocenters. The molecule has 8 heteroatoms. The fraction of sp³-hybridized carbons (Fsp3) is 0.889. The summed E-state index contributed by atoms with van der Waals surface area (Å²) in [5.41, 5.74) is -0.844. The van der Waals surface area contributed by atoms with E-state index in [9.17, 15) is 9.90 Å². The van der Waals surface area contributed by atoms with Crippen molar-refractivity contribution < 1.29 is 44.9 Å². The van der Waals surface area contributed by atoms with E-state index in [1.165, 1.54) is 0 Å². The van der Waals surface area contributed by atoms with Crippen LogP contribution in [0.2, 0.25) is 0 Å². The van der Waals surface area contributed by atoms with Crippen molar-refractivity contribution in [2.24, 2.45) is 5.41 Å². The average Bonchev–Trinajstić information content (AvgIpc) is 2.17. The number of aliphatic hydroxyl groups excluding tert-OH is 3. The zero-order valence-electron chi connectivity index (χ0n) is 10.1. The van der Waals surface area contributed by atoms with Crippen molar-refractivity contribution in [1.82, 2.24) is 5.32 Å². The molecule has 0 saturated carbocycles. The zero-order chi connectivity index (χ0) is 11.2. The molecule has 0 bridgehead atoms. The summed E-state index contributed by atoms with van der Waals surface area (Å²) >= 11 is 0. The van der Waals surface area contributed by atoms with Crippen molar-refractivity contribution in [2.45, 2.75) is 26.4 Å². The van der Waals surface area contributed by atoms with E-state index >= 15 is 0 Å². The fourth-order valence-electron chi connectivity index (χ4n) is 0.829. The SMILES string of the molecule is CC(C)(CO)C(O)C(=O)NCCCO.[Cl-].[Cl-].[Sr+2]. The van der Waals surface area contributed by atoms with Gasteiger partial charge in [-0.15, -0.1) is 0 Å². The molecule has 0 saturated heterocycles. The number of nitrogens with one attached hydrogen (secondary N) is 1. The molecule has 0 rings (SSSR count). The van der Waals surface area contributed by atoms with Crippen LogP contribution in [0.15, 0.2) is 0 Å². The molecule has 1 amide bonds. The molecule has 0 radical (unpaired) electrons. The summed E-state index contributed by atoms with van der Waals surface area (Å²) < 4.78 is 0. The molecule has 0 heterocycles. The molecule has 0 aromatic heterocycles. The molecule has 5 nitrogen and oxygen atoms in total. The minimum absolute atomic E-state index is 0. The van der Waals surface area contributed by atoms with Gasteiger partial charge in [-0.1, -0.05) is 13.8 Å². The summed E-state index contributed by atoms with van der Waals surface area (Å²) in [6.07, 6.45) is -0.774. The van der Waals surface area contributed by atoms with Gasteiger partial charge in [0.2, 0.25) is 5.91 Å². The molecule has 4 N–H and O–H groups in total. The van der Waals surface area contributed by atoms with E-state index in [2.05, 4.69) is 5.32 Å². The number of hydrogen-bond acceptors (Lipinski definition) is 4. The van der Waals surface area contributed by atoms with Crippen LogP contribution < -0.4 is 30.1 Å². The maximum absolute atomic E-state index is 11.3. The van der Waals surface area contributed by atoms with Crippen LogP contribution in [-0.4, -0.2) is 92.6 Å². The molecular formula is C9H19Cl2NO4Sr. The number of aliphatic hydroxyl groups is 3. The molecule has 0 aliphatic heterocycles. The Morgan fingerprint density at radius 2 is 1.76 bits per heavy atom. The molecule has 0 aliphatic carbocycles. The third kappa shape index (κ3) is 11.0. The number of carbonyl (C=O) groups excluding carboxylic acids is 1. The topological polar surface area (TPSA) is 89.8 Å². The first-order chi connectivity index (χ1) is 6.45. The summed E-state index contributed by atoms with van der Waals surface area (Å²) in [4.78, 5) is 11.3. The number of carbonyl (C=O) groups is 1. The van der Waals surface area contributed by atoms with Crippen LogP contribution in [0.1, 0.15) is 20.3 Å². The van der Waals surface area contributed by atoms with Crippen molar-refractivity contribution in [3.05, 3.63) is 0 Å². The average molecular weight is 364 g/mol. The summed E-state index contributed by atoms with van der Waals surface area (Å²) in [5, 5.41) is 29.3. The number of hydrogen-bond donors (Lipinski definition) is 4. The van der Waals surface area contributed by atoms with E-state index in [-0.39, 0.29) is 83.5 Å². The number of rotatable bonds is 6. The van der Waals surface area contributed by atoms with E-state index in [4.69, 9.17) is 10.2 Å². The summed E-state index contributed by atoms with van der Waals surface area (Å²) in [6.45, 7) is 3.27. The summed E-state index contributed by atoms with van der Waals surface area (Å²) in [5.74, 6) is -0.516. The van der Waals surface area contributed by atoms with E-state index in [1.54, 1.807) is 13.8 Å².